The van der Waals surface area contributed by atoms with E-state index in [0.29, 0.717) is 20.7 Å². The van der Waals surface area contributed by atoms with Crippen LogP contribution in [-0.2, 0) is 13.6 Å². The van der Waals surface area contributed by atoms with E-state index in [1.165, 1.54) is 27.9 Å². The minimum absolute atomic E-state index is 0.0312. The summed E-state index contributed by atoms with van der Waals surface area (Å²) < 4.78 is 15.3. The summed E-state index contributed by atoms with van der Waals surface area (Å²) in [6.07, 6.45) is 1.43. The van der Waals surface area contributed by atoms with Crippen LogP contribution in [-0.4, -0.2) is 27.4 Å². The number of amides is 1. The molecule has 0 atom stereocenters. The van der Waals surface area contributed by atoms with Crippen LogP contribution in [0.2, 0.25) is 5.02 Å². The zero-order chi connectivity index (χ0) is 18.3. The van der Waals surface area contributed by atoms with Crippen LogP contribution >= 0.6 is 22.9 Å². The highest BCUT2D eigenvalue weighted by Crippen LogP contribution is 2.28. The Morgan fingerprint density at radius 3 is 2.84 bits per heavy atom. The van der Waals surface area contributed by atoms with Crippen LogP contribution in [0.1, 0.15) is 20.8 Å². The largest absolute Gasteiger partial charge is 0.337 e. The average molecular weight is 380 g/mol. The Morgan fingerprint density at radius 1 is 1.44 bits per heavy atom. The Kier molecular flexibility index (Phi) is 4.62. The Labute approximate surface area is 152 Å². The predicted octanol–water partition coefficient (Wildman–Crippen LogP) is 3.37. The molecule has 0 bridgehead atoms. The number of rotatable bonds is 3. The number of nitrogens with zero attached hydrogens (tertiary/aromatic N) is 3. The van der Waals surface area contributed by atoms with Crippen LogP contribution in [0.5, 0.6) is 0 Å². The molecule has 0 saturated carbocycles. The fourth-order valence-electron chi connectivity index (χ4n) is 2.58. The fourth-order valence-corrected chi connectivity index (χ4v) is 3.94. The molecule has 0 fully saturated rings. The molecule has 3 aromatic rings. The van der Waals surface area contributed by atoms with Crippen LogP contribution in [0, 0.1) is 12.7 Å². The first-order valence-corrected chi connectivity index (χ1v) is 8.63. The molecule has 0 aliphatic carbocycles. The molecular formula is C17H15ClFN3O2S. The number of carbonyl (C=O) groups is 1. The maximum Gasteiger partial charge on any atom is 0.264 e. The van der Waals surface area contributed by atoms with Gasteiger partial charge in [-0.25, -0.2) is 9.37 Å². The van der Waals surface area contributed by atoms with Crippen molar-refractivity contribution in [1.82, 2.24) is 14.5 Å². The van der Waals surface area contributed by atoms with Gasteiger partial charge in [-0.1, -0.05) is 17.7 Å². The van der Waals surface area contributed by atoms with Crippen molar-refractivity contribution in [2.45, 2.75) is 13.5 Å². The smallest absolute Gasteiger partial charge is 0.264 e. The van der Waals surface area contributed by atoms with Gasteiger partial charge in [0, 0.05) is 24.7 Å². The van der Waals surface area contributed by atoms with Crippen molar-refractivity contribution >= 4 is 39.1 Å². The first-order valence-electron chi connectivity index (χ1n) is 7.44. The van der Waals surface area contributed by atoms with E-state index in [9.17, 15) is 14.0 Å². The molecule has 1 aromatic carbocycles. The summed E-state index contributed by atoms with van der Waals surface area (Å²) in [5, 5.41) is 0.707. The van der Waals surface area contributed by atoms with Crippen molar-refractivity contribution in [3.8, 4) is 0 Å². The molecule has 8 heteroatoms. The molecule has 0 radical (unpaired) electrons. The number of benzene rings is 1. The molecule has 130 valence electrons. The number of aryl methyl sites for hydroxylation is 2. The Morgan fingerprint density at radius 2 is 2.16 bits per heavy atom. The number of fused-ring (bicyclic) bond motifs is 1. The monoisotopic (exact) mass is 379 g/mol. The average Bonchev–Trinajstić information content (AvgIpc) is 2.91. The molecule has 0 spiro atoms. The maximum atomic E-state index is 13.9. The van der Waals surface area contributed by atoms with Gasteiger partial charge in [-0.2, -0.15) is 0 Å². The summed E-state index contributed by atoms with van der Waals surface area (Å²) in [5.41, 5.74) is 0.649. The standard InChI is InChI=1S/C17H15ClFN3O2S/c1-9-13-15(20-8-22(3)16(13)23)25-14(9)17(24)21(2)7-10-11(18)5-4-6-12(10)19/h4-6,8H,7H2,1-3H3. The minimum Gasteiger partial charge on any atom is -0.337 e. The van der Waals surface area contributed by atoms with Gasteiger partial charge in [0.2, 0.25) is 0 Å². The molecule has 2 heterocycles. The molecule has 25 heavy (non-hydrogen) atoms. The second-order valence-electron chi connectivity index (χ2n) is 5.76. The van der Waals surface area contributed by atoms with Gasteiger partial charge in [0.1, 0.15) is 10.6 Å². The van der Waals surface area contributed by atoms with E-state index in [-0.39, 0.29) is 28.6 Å². The lowest BCUT2D eigenvalue weighted by atomic mass is 10.1. The Balaban J connectivity index is 1.98. The highest BCUT2D eigenvalue weighted by molar-refractivity contribution is 7.20. The summed E-state index contributed by atoms with van der Waals surface area (Å²) >= 11 is 7.19. The second-order valence-corrected chi connectivity index (χ2v) is 7.16. The molecule has 5 nitrogen and oxygen atoms in total. The summed E-state index contributed by atoms with van der Waals surface area (Å²) in [6, 6.07) is 4.40. The van der Waals surface area contributed by atoms with Crippen molar-refractivity contribution in [3.63, 3.8) is 0 Å². The van der Waals surface area contributed by atoms with Gasteiger partial charge >= 0.3 is 0 Å². The number of thiophene rings is 1. The third kappa shape index (κ3) is 3.05. The van der Waals surface area contributed by atoms with Gasteiger partial charge in [0.15, 0.2) is 0 Å². The predicted molar refractivity (Wildman–Crippen MR) is 96.8 cm³/mol. The number of halogens is 2. The number of aromatic nitrogens is 2. The first-order chi connectivity index (χ1) is 11.8. The zero-order valence-corrected chi connectivity index (χ0v) is 15.4. The van der Waals surface area contributed by atoms with Crippen molar-refractivity contribution < 1.29 is 9.18 Å². The van der Waals surface area contributed by atoms with Gasteiger partial charge in [-0.05, 0) is 24.6 Å². The van der Waals surface area contributed by atoms with E-state index in [1.807, 2.05) is 0 Å². The summed E-state index contributed by atoms with van der Waals surface area (Å²) in [7, 11) is 3.18. The van der Waals surface area contributed by atoms with E-state index in [1.54, 1.807) is 27.1 Å². The SMILES string of the molecule is Cc1c(C(=O)N(C)Cc2c(F)cccc2Cl)sc2ncn(C)c(=O)c12. The molecule has 0 N–H and O–H groups in total. The molecule has 0 aliphatic rings. The van der Waals surface area contributed by atoms with Crippen molar-refractivity contribution in [3.05, 3.63) is 61.7 Å². The topological polar surface area (TPSA) is 55.2 Å². The molecule has 0 unspecified atom stereocenters. The molecule has 2 aromatic heterocycles. The molecule has 3 rings (SSSR count). The lowest BCUT2D eigenvalue weighted by Gasteiger charge is -2.18. The second kappa shape index (κ2) is 6.57. The van der Waals surface area contributed by atoms with Crippen LogP contribution in [0.25, 0.3) is 10.2 Å². The molecule has 1 amide bonds. The number of hydrogen-bond acceptors (Lipinski definition) is 4. The van der Waals surface area contributed by atoms with Crippen LogP contribution in [0.4, 0.5) is 4.39 Å². The van der Waals surface area contributed by atoms with E-state index >= 15 is 0 Å². The van der Waals surface area contributed by atoms with Gasteiger partial charge in [0.25, 0.3) is 11.5 Å². The quantitative estimate of drug-likeness (QED) is 0.701. The van der Waals surface area contributed by atoms with Crippen molar-refractivity contribution in [2.24, 2.45) is 7.05 Å². The van der Waals surface area contributed by atoms with Gasteiger partial charge in [-0.15, -0.1) is 11.3 Å². The van der Waals surface area contributed by atoms with Crippen molar-refractivity contribution in [2.75, 3.05) is 7.05 Å². The third-order valence-corrected chi connectivity index (χ3v) is 5.55. The lowest BCUT2D eigenvalue weighted by molar-refractivity contribution is 0.0788. The molecule has 0 saturated heterocycles. The lowest BCUT2D eigenvalue weighted by Crippen LogP contribution is -2.26. The van der Waals surface area contributed by atoms with Gasteiger partial charge in [-0.3, -0.25) is 9.59 Å². The maximum absolute atomic E-state index is 13.9. The number of carbonyl (C=O) groups excluding carboxylic acids is 1. The van der Waals surface area contributed by atoms with E-state index in [0.717, 1.165) is 11.3 Å². The van der Waals surface area contributed by atoms with E-state index in [4.69, 9.17) is 11.6 Å². The van der Waals surface area contributed by atoms with Crippen LogP contribution in [0.15, 0.2) is 29.3 Å². The van der Waals surface area contributed by atoms with Gasteiger partial charge < -0.3 is 9.47 Å². The molecular weight excluding hydrogens is 365 g/mol. The van der Waals surface area contributed by atoms with Crippen LogP contribution in [0.3, 0.4) is 0 Å². The molecule has 0 aliphatic heterocycles. The Hall–Kier alpha value is -2.25. The number of hydrogen-bond donors (Lipinski definition) is 0. The third-order valence-electron chi connectivity index (χ3n) is 4.01. The highest BCUT2D eigenvalue weighted by Gasteiger charge is 2.23. The highest BCUT2D eigenvalue weighted by atomic mass is 35.5. The minimum atomic E-state index is -0.462. The van der Waals surface area contributed by atoms with E-state index in [2.05, 4.69) is 4.98 Å². The van der Waals surface area contributed by atoms with E-state index < -0.39 is 5.82 Å². The summed E-state index contributed by atoms with van der Waals surface area (Å²) in [4.78, 5) is 31.6. The zero-order valence-electron chi connectivity index (χ0n) is 13.8. The van der Waals surface area contributed by atoms with Crippen LogP contribution < -0.4 is 5.56 Å². The summed E-state index contributed by atoms with van der Waals surface area (Å²) in [5.74, 6) is -0.766. The first kappa shape index (κ1) is 17.6. The normalized spacial score (nSPS) is 11.1. The van der Waals surface area contributed by atoms with Crippen molar-refractivity contribution in [1.29, 1.82) is 0 Å². The summed E-state index contributed by atoms with van der Waals surface area (Å²) in [6.45, 7) is 1.75. The van der Waals surface area contributed by atoms with Gasteiger partial charge in [0.05, 0.1) is 23.1 Å². The fraction of sp³-hybridized carbons (Fsp3) is 0.235. The Bertz CT molecular complexity index is 1020.